The van der Waals surface area contributed by atoms with E-state index in [2.05, 4.69) is 6.92 Å². The van der Waals surface area contributed by atoms with Crippen molar-refractivity contribution in [1.82, 2.24) is 0 Å². The summed E-state index contributed by atoms with van der Waals surface area (Å²) in [5, 5.41) is 9.23. The highest BCUT2D eigenvalue weighted by atomic mass is 32.2. The third-order valence-corrected chi connectivity index (χ3v) is 5.38. The van der Waals surface area contributed by atoms with E-state index in [9.17, 15) is 19.5 Å². The van der Waals surface area contributed by atoms with Crippen LogP contribution in [0.25, 0.3) is 0 Å². The van der Waals surface area contributed by atoms with Gasteiger partial charge in [-0.25, -0.2) is 0 Å². The van der Waals surface area contributed by atoms with Gasteiger partial charge in [0.1, 0.15) is 6.54 Å². The van der Waals surface area contributed by atoms with Crippen LogP contribution in [0, 0.1) is 19.8 Å². The Morgan fingerprint density at radius 1 is 1.15 bits per heavy atom. The number of benzene rings is 1. The number of aliphatic carboxylic acids is 1. The Bertz CT molecular complexity index is 624. The number of nitrogens with zero attached hydrogens (tertiary/aromatic N) is 1. The lowest BCUT2D eigenvalue weighted by Gasteiger charge is -2.24. The van der Waals surface area contributed by atoms with E-state index >= 15 is 0 Å². The Balaban J connectivity index is 2.88. The minimum Gasteiger partial charge on any atom is -0.480 e. The molecule has 144 valence electrons. The largest absolute Gasteiger partial charge is 0.480 e. The molecule has 0 bridgehead atoms. The number of para-hydroxylation sites is 1. The summed E-state index contributed by atoms with van der Waals surface area (Å²) in [5.74, 6) is -1.51. The van der Waals surface area contributed by atoms with Crippen LogP contribution in [0.1, 0.15) is 50.7 Å². The molecule has 5 nitrogen and oxygen atoms in total. The number of carboxylic acids is 1. The molecule has 1 aromatic carbocycles. The number of unbranched alkanes of at least 4 members (excludes halogenated alkanes) is 1. The van der Waals surface area contributed by atoms with Gasteiger partial charge in [0.25, 0.3) is 0 Å². The van der Waals surface area contributed by atoms with Gasteiger partial charge in [-0.15, -0.1) is 0 Å². The van der Waals surface area contributed by atoms with Crippen LogP contribution in [-0.4, -0.2) is 34.4 Å². The van der Waals surface area contributed by atoms with E-state index in [4.69, 9.17) is 0 Å². The van der Waals surface area contributed by atoms with Crippen LogP contribution in [0.15, 0.2) is 18.2 Å². The average molecular weight is 380 g/mol. The molecule has 0 saturated heterocycles. The van der Waals surface area contributed by atoms with Crippen molar-refractivity contribution in [2.24, 2.45) is 5.92 Å². The number of carbonyl (C=O) groups is 3. The molecule has 1 N–H and O–H groups in total. The molecule has 0 aromatic heterocycles. The van der Waals surface area contributed by atoms with E-state index in [0.29, 0.717) is 5.69 Å². The van der Waals surface area contributed by atoms with Gasteiger partial charge < -0.3 is 5.11 Å². The van der Waals surface area contributed by atoms with Gasteiger partial charge in [-0.3, -0.25) is 19.3 Å². The molecule has 0 spiro atoms. The number of anilines is 1. The molecule has 0 aliphatic carbocycles. The van der Waals surface area contributed by atoms with Gasteiger partial charge in [-0.05, 0) is 37.8 Å². The van der Waals surface area contributed by atoms with Gasteiger partial charge in [-0.2, -0.15) is 0 Å². The molecular formula is C20H29NO4S. The minimum atomic E-state index is -1.08. The first kappa shape index (κ1) is 22.2. The summed E-state index contributed by atoms with van der Waals surface area (Å²) in [4.78, 5) is 37.6. The summed E-state index contributed by atoms with van der Waals surface area (Å²) in [6.07, 6.45) is 3.62. The molecule has 1 atom stereocenters. The Labute approximate surface area is 160 Å². The first-order valence-corrected chi connectivity index (χ1v) is 10.0. The highest BCUT2D eigenvalue weighted by Crippen LogP contribution is 2.26. The van der Waals surface area contributed by atoms with Crippen molar-refractivity contribution < 1.29 is 19.5 Å². The van der Waals surface area contributed by atoms with Crippen LogP contribution in [0.2, 0.25) is 0 Å². The number of aryl methyl sites for hydroxylation is 2. The topological polar surface area (TPSA) is 74.7 Å². The average Bonchev–Trinajstić information content (AvgIpc) is 2.58. The third-order valence-electron chi connectivity index (χ3n) is 4.37. The Hall–Kier alpha value is -1.82. The molecule has 0 heterocycles. The summed E-state index contributed by atoms with van der Waals surface area (Å²) in [6, 6.07) is 5.57. The van der Waals surface area contributed by atoms with Crippen LogP contribution in [-0.2, 0) is 14.4 Å². The number of thioether (sulfide) groups is 1. The fourth-order valence-corrected chi connectivity index (χ4v) is 3.87. The Morgan fingerprint density at radius 2 is 1.77 bits per heavy atom. The highest BCUT2D eigenvalue weighted by Gasteiger charge is 2.24. The van der Waals surface area contributed by atoms with Crippen molar-refractivity contribution in [1.29, 1.82) is 0 Å². The Kier molecular flexibility index (Phi) is 9.41. The van der Waals surface area contributed by atoms with Gasteiger partial charge in [0, 0.05) is 5.92 Å². The molecule has 0 fully saturated rings. The van der Waals surface area contributed by atoms with Gasteiger partial charge in [0.15, 0.2) is 5.12 Å². The number of amides is 1. The van der Waals surface area contributed by atoms with Crippen LogP contribution in [0.3, 0.4) is 0 Å². The maximum Gasteiger partial charge on any atom is 0.323 e. The first-order chi connectivity index (χ1) is 12.3. The monoisotopic (exact) mass is 379 g/mol. The molecule has 0 saturated carbocycles. The quantitative estimate of drug-likeness (QED) is 0.659. The van der Waals surface area contributed by atoms with E-state index in [0.717, 1.165) is 48.6 Å². The third kappa shape index (κ3) is 6.48. The second kappa shape index (κ2) is 11.0. The number of rotatable bonds is 10. The SMILES string of the molecule is CCCCC(CC)C(=O)SCC(=O)N(CC(=O)O)c1c(C)cccc1C. The van der Waals surface area contributed by atoms with Crippen LogP contribution in [0.5, 0.6) is 0 Å². The standard InChI is InChI=1S/C20H29NO4S/c1-5-7-11-16(6-2)20(25)26-13-17(22)21(12-18(23)24)19-14(3)9-8-10-15(19)4/h8-10,16H,5-7,11-13H2,1-4H3,(H,23,24). The van der Waals surface area contributed by atoms with Crippen molar-refractivity contribution in [3.8, 4) is 0 Å². The Morgan fingerprint density at radius 3 is 2.27 bits per heavy atom. The van der Waals surface area contributed by atoms with Crippen molar-refractivity contribution in [2.75, 3.05) is 17.2 Å². The molecule has 26 heavy (non-hydrogen) atoms. The lowest BCUT2D eigenvalue weighted by molar-refractivity contribution is -0.136. The fraction of sp³-hybridized carbons (Fsp3) is 0.550. The van der Waals surface area contributed by atoms with Gasteiger partial charge in [-0.1, -0.05) is 56.7 Å². The fourth-order valence-electron chi connectivity index (χ4n) is 2.93. The number of hydrogen-bond acceptors (Lipinski definition) is 4. The molecule has 0 aliphatic heterocycles. The summed E-state index contributed by atoms with van der Waals surface area (Å²) in [7, 11) is 0. The molecule has 6 heteroatoms. The van der Waals surface area contributed by atoms with Gasteiger partial charge in [0.05, 0.1) is 11.4 Å². The van der Waals surface area contributed by atoms with E-state index in [1.165, 1.54) is 4.90 Å². The predicted octanol–water partition coefficient (Wildman–Crippen LogP) is 4.20. The van der Waals surface area contributed by atoms with Gasteiger partial charge in [0.2, 0.25) is 5.91 Å². The van der Waals surface area contributed by atoms with Crippen LogP contribution < -0.4 is 4.90 Å². The summed E-state index contributed by atoms with van der Waals surface area (Å²) < 4.78 is 0. The van der Waals surface area contributed by atoms with Crippen LogP contribution in [0.4, 0.5) is 5.69 Å². The molecule has 0 radical (unpaired) electrons. The maximum atomic E-state index is 12.7. The van der Waals surface area contributed by atoms with E-state index in [-0.39, 0.29) is 22.7 Å². The highest BCUT2D eigenvalue weighted by molar-refractivity contribution is 8.14. The maximum absolute atomic E-state index is 12.7. The minimum absolute atomic E-state index is 0.0195. The summed E-state index contributed by atoms with van der Waals surface area (Å²) in [6.45, 7) is 7.35. The van der Waals surface area contributed by atoms with Crippen molar-refractivity contribution in [2.45, 2.75) is 53.4 Å². The number of carbonyl (C=O) groups excluding carboxylic acids is 2. The van der Waals surface area contributed by atoms with Crippen molar-refractivity contribution >= 4 is 34.4 Å². The lowest BCUT2D eigenvalue weighted by atomic mass is 10.0. The first-order valence-electron chi connectivity index (χ1n) is 9.06. The second-order valence-corrected chi connectivity index (χ2v) is 7.45. The lowest BCUT2D eigenvalue weighted by Crippen LogP contribution is -2.38. The van der Waals surface area contributed by atoms with E-state index in [1.54, 1.807) is 0 Å². The predicted molar refractivity (Wildman–Crippen MR) is 107 cm³/mol. The molecule has 1 rings (SSSR count). The molecule has 1 amide bonds. The van der Waals surface area contributed by atoms with Gasteiger partial charge >= 0.3 is 5.97 Å². The second-order valence-electron chi connectivity index (χ2n) is 6.47. The molecular weight excluding hydrogens is 350 g/mol. The van der Waals surface area contributed by atoms with E-state index < -0.39 is 12.5 Å². The van der Waals surface area contributed by atoms with Crippen molar-refractivity contribution in [3.63, 3.8) is 0 Å². The zero-order valence-electron chi connectivity index (χ0n) is 16.1. The number of carboxylic acid groups (broad SMARTS) is 1. The summed E-state index contributed by atoms with van der Waals surface area (Å²) in [5.41, 5.74) is 2.29. The van der Waals surface area contributed by atoms with E-state index in [1.807, 2.05) is 39.0 Å². The molecule has 1 unspecified atom stereocenters. The van der Waals surface area contributed by atoms with Crippen molar-refractivity contribution in [3.05, 3.63) is 29.3 Å². The number of hydrogen-bond donors (Lipinski definition) is 1. The smallest absolute Gasteiger partial charge is 0.323 e. The molecule has 1 aromatic rings. The van der Waals surface area contributed by atoms with Crippen LogP contribution >= 0.6 is 11.8 Å². The normalized spacial score (nSPS) is 11.8. The zero-order chi connectivity index (χ0) is 19.7. The summed E-state index contributed by atoms with van der Waals surface area (Å²) >= 11 is 1.01. The zero-order valence-corrected chi connectivity index (χ0v) is 16.9. The molecule has 0 aliphatic rings.